The fraction of sp³-hybridized carbons (Fsp3) is 0.391. The molecule has 0 spiro atoms. The molecule has 0 atom stereocenters. The van der Waals surface area contributed by atoms with E-state index in [-0.39, 0.29) is 23.8 Å². The van der Waals surface area contributed by atoms with Crippen LogP contribution in [0.3, 0.4) is 0 Å². The van der Waals surface area contributed by atoms with Crippen LogP contribution in [-0.4, -0.2) is 18.4 Å². The van der Waals surface area contributed by atoms with Crippen molar-refractivity contribution >= 4 is 23.2 Å². The molecule has 2 rings (SSSR count). The van der Waals surface area contributed by atoms with E-state index in [2.05, 4.69) is 31.4 Å². The zero-order valence-corrected chi connectivity index (χ0v) is 17.3. The van der Waals surface area contributed by atoms with E-state index in [4.69, 9.17) is 4.74 Å². The minimum absolute atomic E-state index is 0.0161. The smallest absolute Gasteiger partial charge is 0.262 e. The van der Waals surface area contributed by atoms with E-state index in [9.17, 15) is 9.59 Å². The first-order valence-electron chi connectivity index (χ1n) is 9.56. The van der Waals surface area contributed by atoms with Gasteiger partial charge >= 0.3 is 0 Å². The molecule has 150 valence electrons. The summed E-state index contributed by atoms with van der Waals surface area (Å²) in [4.78, 5) is 23.9. The summed E-state index contributed by atoms with van der Waals surface area (Å²) in [6.07, 6.45) is 0.479. The molecule has 0 bridgehead atoms. The van der Waals surface area contributed by atoms with Crippen LogP contribution in [0.2, 0.25) is 0 Å². The van der Waals surface area contributed by atoms with Crippen molar-refractivity contribution in [2.45, 2.75) is 46.5 Å². The number of hydrogen-bond acceptors (Lipinski definition) is 3. The highest BCUT2D eigenvalue weighted by atomic mass is 16.5. The maximum absolute atomic E-state index is 12.1. The minimum Gasteiger partial charge on any atom is -0.484 e. The summed E-state index contributed by atoms with van der Waals surface area (Å²) in [5, 5.41) is 5.62. The molecule has 0 unspecified atom stereocenters. The van der Waals surface area contributed by atoms with Gasteiger partial charge in [0.15, 0.2) is 6.61 Å². The third-order valence-electron chi connectivity index (χ3n) is 4.14. The molecule has 2 amide bonds. The fourth-order valence-corrected chi connectivity index (χ4v) is 2.62. The molecule has 5 heteroatoms. The van der Waals surface area contributed by atoms with Crippen LogP contribution in [-0.2, 0) is 15.0 Å². The highest BCUT2D eigenvalue weighted by molar-refractivity contribution is 5.93. The Labute approximate surface area is 167 Å². The summed E-state index contributed by atoms with van der Waals surface area (Å²) in [6.45, 7) is 10.4. The molecule has 0 saturated heterocycles. The Kier molecular flexibility index (Phi) is 7.21. The van der Waals surface area contributed by atoms with E-state index in [0.29, 0.717) is 29.5 Å². The number of anilines is 2. The molecule has 5 nitrogen and oxygen atoms in total. The molecule has 0 aliphatic carbocycles. The van der Waals surface area contributed by atoms with Crippen molar-refractivity contribution < 1.29 is 14.3 Å². The topological polar surface area (TPSA) is 67.4 Å². The Bertz CT molecular complexity index is 788. The highest BCUT2D eigenvalue weighted by Crippen LogP contribution is 2.24. The lowest BCUT2D eigenvalue weighted by Gasteiger charge is -2.19. The Balaban J connectivity index is 1.82. The van der Waals surface area contributed by atoms with Gasteiger partial charge in [0.2, 0.25) is 5.91 Å². The largest absolute Gasteiger partial charge is 0.484 e. The Morgan fingerprint density at radius 1 is 0.857 bits per heavy atom. The minimum atomic E-state index is -0.239. The van der Waals surface area contributed by atoms with E-state index in [0.717, 1.165) is 0 Å². The molecule has 0 aromatic heterocycles. The average Bonchev–Trinajstić information content (AvgIpc) is 2.60. The summed E-state index contributed by atoms with van der Waals surface area (Å²) >= 11 is 0. The van der Waals surface area contributed by atoms with Crippen molar-refractivity contribution in [1.82, 2.24) is 0 Å². The number of carbonyl (C=O) groups is 2. The summed E-state index contributed by atoms with van der Waals surface area (Å²) in [5.74, 6) is 0.712. The van der Waals surface area contributed by atoms with Gasteiger partial charge in [-0.25, -0.2) is 0 Å². The van der Waals surface area contributed by atoms with Crippen LogP contribution in [0.1, 0.15) is 46.6 Å². The van der Waals surface area contributed by atoms with Gasteiger partial charge in [0, 0.05) is 17.8 Å². The van der Waals surface area contributed by atoms with Crippen LogP contribution in [0.15, 0.2) is 48.5 Å². The predicted octanol–water partition coefficient (Wildman–Crippen LogP) is 4.99. The van der Waals surface area contributed by atoms with Gasteiger partial charge in [-0.3, -0.25) is 9.59 Å². The first-order chi connectivity index (χ1) is 13.1. The van der Waals surface area contributed by atoms with Crippen LogP contribution < -0.4 is 15.4 Å². The highest BCUT2D eigenvalue weighted by Gasteiger charge is 2.13. The van der Waals surface area contributed by atoms with Crippen LogP contribution in [0.4, 0.5) is 11.4 Å². The number of hydrogen-bond donors (Lipinski definition) is 2. The Morgan fingerprint density at radius 2 is 1.36 bits per heavy atom. The van der Waals surface area contributed by atoms with Crippen molar-refractivity contribution in [2.75, 3.05) is 17.2 Å². The monoisotopic (exact) mass is 382 g/mol. The number of benzene rings is 2. The van der Waals surface area contributed by atoms with Crippen molar-refractivity contribution in [2.24, 2.45) is 5.92 Å². The third-order valence-corrected chi connectivity index (χ3v) is 4.14. The van der Waals surface area contributed by atoms with Crippen LogP contribution in [0, 0.1) is 5.92 Å². The van der Waals surface area contributed by atoms with E-state index < -0.39 is 0 Å². The standard InChI is InChI=1S/C23H30N2O3/c1-16(2)14-21(26)24-18-8-10-19(11-9-18)25-22(27)15-28-20-12-6-17(7-13-20)23(3,4)5/h6-13,16H,14-15H2,1-5H3,(H,24,26)(H,25,27). The molecule has 2 N–H and O–H groups in total. The van der Waals surface area contributed by atoms with Gasteiger partial charge in [-0.05, 0) is 53.3 Å². The van der Waals surface area contributed by atoms with Crippen LogP contribution in [0.5, 0.6) is 5.75 Å². The molecule has 0 aliphatic rings. The van der Waals surface area contributed by atoms with E-state index in [1.807, 2.05) is 38.1 Å². The Hall–Kier alpha value is -2.82. The fourth-order valence-electron chi connectivity index (χ4n) is 2.62. The number of amides is 2. The third kappa shape index (κ3) is 7.06. The van der Waals surface area contributed by atoms with Gasteiger partial charge in [-0.1, -0.05) is 46.8 Å². The number of rotatable bonds is 7. The van der Waals surface area contributed by atoms with Gasteiger partial charge in [0.25, 0.3) is 5.91 Å². The maximum atomic E-state index is 12.1. The van der Waals surface area contributed by atoms with E-state index >= 15 is 0 Å². The number of carbonyl (C=O) groups excluding carboxylic acids is 2. The van der Waals surface area contributed by atoms with Crippen molar-refractivity contribution in [1.29, 1.82) is 0 Å². The van der Waals surface area contributed by atoms with Gasteiger partial charge in [-0.2, -0.15) is 0 Å². The molecule has 2 aromatic rings. The first kappa shape index (κ1) is 21.5. The number of nitrogens with one attached hydrogen (secondary N) is 2. The maximum Gasteiger partial charge on any atom is 0.262 e. The van der Waals surface area contributed by atoms with E-state index in [1.165, 1.54) is 5.56 Å². The second-order valence-corrected chi connectivity index (χ2v) is 8.33. The lowest BCUT2D eigenvalue weighted by molar-refractivity contribution is -0.118. The van der Waals surface area contributed by atoms with Gasteiger partial charge in [-0.15, -0.1) is 0 Å². The van der Waals surface area contributed by atoms with Crippen molar-refractivity contribution in [3.63, 3.8) is 0 Å². The van der Waals surface area contributed by atoms with Gasteiger partial charge in [0.1, 0.15) is 5.75 Å². The summed E-state index contributed by atoms with van der Waals surface area (Å²) in [6, 6.07) is 14.8. The molecular formula is C23H30N2O3. The van der Waals surface area contributed by atoms with Crippen LogP contribution in [0.25, 0.3) is 0 Å². The van der Waals surface area contributed by atoms with Crippen molar-refractivity contribution in [3.8, 4) is 5.75 Å². The predicted molar refractivity (Wildman–Crippen MR) is 114 cm³/mol. The first-order valence-corrected chi connectivity index (χ1v) is 9.56. The molecular weight excluding hydrogens is 352 g/mol. The summed E-state index contributed by atoms with van der Waals surface area (Å²) in [7, 11) is 0. The molecule has 0 heterocycles. The summed E-state index contributed by atoms with van der Waals surface area (Å²) in [5.41, 5.74) is 2.65. The zero-order valence-electron chi connectivity index (χ0n) is 17.3. The Morgan fingerprint density at radius 3 is 1.82 bits per heavy atom. The summed E-state index contributed by atoms with van der Waals surface area (Å²) < 4.78 is 5.55. The normalized spacial score (nSPS) is 11.2. The molecule has 0 saturated carbocycles. The SMILES string of the molecule is CC(C)CC(=O)Nc1ccc(NC(=O)COc2ccc(C(C)(C)C)cc2)cc1. The molecule has 0 aliphatic heterocycles. The van der Waals surface area contributed by atoms with Crippen LogP contribution >= 0.6 is 0 Å². The molecule has 28 heavy (non-hydrogen) atoms. The van der Waals surface area contributed by atoms with Crippen molar-refractivity contribution in [3.05, 3.63) is 54.1 Å². The van der Waals surface area contributed by atoms with Gasteiger partial charge in [0.05, 0.1) is 0 Å². The lowest BCUT2D eigenvalue weighted by atomic mass is 9.87. The average molecular weight is 383 g/mol. The molecule has 0 radical (unpaired) electrons. The second kappa shape index (κ2) is 9.40. The second-order valence-electron chi connectivity index (χ2n) is 8.33. The number of ether oxygens (including phenoxy) is 1. The molecule has 2 aromatic carbocycles. The quantitative estimate of drug-likeness (QED) is 0.709. The van der Waals surface area contributed by atoms with E-state index in [1.54, 1.807) is 24.3 Å². The van der Waals surface area contributed by atoms with Gasteiger partial charge < -0.3 is 15.4 Å². The molecule has 0 fully saturated rings. The zero-order chi connectivity index (χ0) is 20.7. The lowest BCUT2D eigenvalue weighted by Crippen LogP contribution is -2.20.